The number of rotatable bonds is 5. The Morgan fingerprint density at radius 1 is 0.917 bits per heavy atom. The molecule has 0 unspecified atom stereocenters. The summed E-state index contributed by atoms with van der Waals surface area (Å²) in [5.41, 5.74) is 7.19. The molecule has 6 heteroatoms. The third kappa shape index (κ3) is 4.73. The van der Waals surface area contributed by atoms with Crippen molar-refractivity contribution in [3.63, 3.8) is 0 Å². The van der Waals surface area contributed by atoms with Gasteiger partial charge in [0.05, 0.1) is 5.92 Å². The van der Waals surface area contributed by atoms with Gasteiger partial charge >= 0.3 is 6.03 Å². The van der Waals surface area contributed by atoms with Gasteiger partial charge in [-0.25, -0.2) is 4.79 Å². The molecule has 0 bridgehead atoms. The molecule has 0 saturated carbocycles. The van der Waals surface area contributed by atoms with Crippen LogP contribution in [-0.4, -0.2) is 11.9 Å². The summed E-state index contributed by atoms with van der Waals surface area (Å²) in [6, 6.07) is 13.4. The van der Waals surface area contributed by atoms with Gasteiger partial charge in [-0.05, 0) is 47.9 Å². The maximum atomic E-state index is 12.7. The zero-order valence-electron chi connectivity index (χ0n) is 13.5. The van der Waals surface area contributed by atoms with Crippen molar-refractivity contribution in [1.29, 1.82) is 0 Å². The number of carbonyl (C=O) groups is 2. The number of primary amides is 1. The molecule has 2 aromatic rings. The van der Waals surface area contributed by atoms with Gasteiger partial charge in [-0.3, -0.25) is 4.79 Å². The topological polar surface area (TPSA) is 84.2 Å². The van der Waals surface area contributed by atoms with Crippen LogP contribution < -0.4 is 16.4 Å². The van der Waals surface area contributed by atoms with Gasteiger partial charge < -0.3 is 16.4 Å². The van der Waals surface area contributed by atoms with E-state index in [0.29, 0.717) is 16.4 Å². The molecule has 0 radical (unpaired) electrons. The third-order valence-corrected chi connectivity index (χ3v) is 3.85. The normalized spacial score (nSPS) is 11.8. The number of halogens is 1. The molecule has 0 aliphatic heterocycles. The highest BCUT2D eigenvalue weighted by Crippen LogP contribution is 2.27. The fourth-order valence-corrected chi connectivity index (χ4v) is 2.63. The van der Waals surface area contributed by atoms with Gasteiger partial charge in [-0.15, -0.1) is 0 Å². The Morgan fingerprint density at radius 3 is 1.88 bits per heavy atom. The molecule has 3 amide bonds. The van der Waals surface area contributed by atoms with Crippen molar-refractivity contribution in [3.8, 4) is 0 Å². The minimum atomic E-state index is -0.630. The Bertz CT molecular complexity index is 712. The lowest BCUT2D eigenvalue weighted by molar-refractivity contribution is -0.118. The van der Waals surface area contributed by atoms with E-state index in [9.17, 15) is 9.59 Å². The number of anilines is 2. The number of hydrogen-bond donors (Lipinski definition) is 3. The summed E-state index contributed by atoms with van der Waals surface area (Å²) >= 11 is 5.92. The molecule has 1 atom stereocenters. The van der Waals surface area contributed by atoms with Gasteiger partial charge in [0.1, 0.15) is 0 Å². The van der Waals surface area contributed by atoms with Crippen molar-refractivity contribution in [1.82, 2.24) is 0 Å². The molecule has 24 heavy (non-hydrogen) atoms. The predicted molar refractivity (Wildman–Crippen MR) is 97.3 cm³/mol. The zero-order valence-corrected chi connectivity index (χ0v) is 14.3. The molecule has 0 spiro atoms. The molecule has 0 heterocycles. The highest BCUT2D eigenvalue weighted by atomic mass is 35.5. The van der Waals surface area contributed by atoms with Gasteiger partial charge in [-0.2, -0.15) is 0 Å². The Labute approximate surface area is 146 Å². The summed E-state index contributed by atoms with van der Waals surface area (Å²) < 4.78 is 0. The molecular weight excluding hydrogens is 326 g/mol. The molecule has 5 nitrogen and oxygen atoms in total. The van der Waals surface area contributed by atoms with E-state index in [2.05, 4.69) is 10.6 Å². The van der Waals surface area contributed by atoms with Crippen molar-refractivity contribution in [2.24, 2.45) is 11.7 Å². The van der Waals surface area contributed by atoms with Crippen LogP contribution in [0.1, 0.15) is 25.3 Å². The predicted octanol–water partition coefficient (Wildman–Crippen LogP) is 4.21. The van der Waals surface area contributed by atoms with E-state index in [1.807, 2.05) is 26.0 Å². The Balaban J connectivity index is 2.13. The van der Waals surface area contributed by atoms with Crippen molar-refractivity contribution < 1.29 is 9.59 Å². The van der Waals surface area contributed by atoms with Crippen molar-refractivity contribution in [2.75, 3.05) is 10.6 Å². The molecule has 2 rings (SSSR count). The zero-order chi connectivity index (χ0) is 17.7. The second kappa shape index (κ2) is 7.84. The lowest BCUT2D eigenvalue weighted by Crippen LogP contribution is -2.25. The van der Waals surface area contributed by atoms with E-state index in [1.165, 1.54) is 0 Å². The van der Waals surface area contributed by atoms with Crippen molar-refractivity contribution >= 4 is 34.9 Å². The highest BCUT2D eigenvalue weighted by molar-refractivity contribution is 6.30. The Hall–Kier alpha value is -2.53. The van der Waals surface area contributed by atoms with E-state index in [1.54, 1.807) is 36.4 Å². The second-order valence-corrected chi connectivity index (χ2v) is 6.27. The molecule has 0 aliphatic carbocycles. The monoisotopic (exact) mass is 345 g/mol. The summed E-state index contributed by atoms with van der Waals surface area (Å²) in [5, 5.41) is 6.01. The number of nitrogens with two attached hydrogens (primary N) is 1. The fourth-order valence-electron chi connectivity index (χ4n) is 2.51. The van der Waals surface area contributed by atoms with Gasteiger partial charge in [0.25, 0.3) is 0 Å². The quantitative estimate of drug-likeness (QED) is 0.758. The fraction of sp³-hybridized carbons (Fsp3) is 0.222. The van der Waals surface area contributed by atoms with Crippen LogP contribution in [0, 0.1) is 5.92 Å². The van der Waals surface area contributed by atoms with E-state index in [0.717, 1.165) is 5.56 Å². The minimum Gasteiger partial charge on any atom is -0.351 e. The summed E-state index contributed by atoms with van der Waals surface area (Å²) in [4.78, 5) is 23.5. The molecule has 4 N–H and O–H groups in total. The Morgan fingerprint density at radius 2 is 1.42 bits per heavy atom. The first-order valence-electron chi connectivity index (χ1n) is 7.59. The van der Waals surface area contributed by atoms with E-state index < -0.39 is 6.03 Å². The van der Waals surface area contributed by atoms with Crippen LogP contribution in [0.5, 0.6) is 0 Å². The molecule has 2 aromatic carbocycles. The first kappa shape index (κ1) is 17.8. The standard InChI is InChI=1S/C18H20ClN3O2/c1-11(2)16(12-3-5-13(19)6-4-12)17(23)21-14-7-9-15(10-8-14)22-18(20)24/h3-11,16H,1-2H3,(H,21,23)(H3,20,22,24)/t16-/m0/s1. The van der Waals surface area contributed by atoms with Crippen molar-refractivity contribution in [2.45, 2.75) is 19.8 Å². The SMILES string of the molecule is CC(C)[C@H](C(=O)Nc1ccc(NC(N)=O)cc1)c1ccc(Cl)cc1. The summed E-state index contributed by atoms with van der Waals surface area (Å²) in [7, 11) is 0. The lowest BCUT2D eigenvalue weighted by atomic mass is 9.87. The molecule has 126 valence electrons. The van der Waals surface area contributed by atoms with Crippen LogP contribution in [0.4, 0.5) is 16.2 Å². The summed E-state index contributed by atoms with van der Waals surface area (Å²) in [6.45, 7) is 4.00. The van der Waals surface area contributed by atoms with Crippen LogP contribution in [0.15, 0.2) is 48.5 Å². The van der Waals surface area contributed by atoms with Gasteiger partial charge in [0.2, 0.25) is 5.91 Å². The van der Waals surface area contributed by atoms with Gasteiger partial charge in [0.15, 0.2) is 0 Å². The first-order valence-corrected chi connectivity index (χ1v) is 7.97. The molecule has 0 fully saturated rings. The smallest absolute Gasteiger partial charge is 0.316 e. The number of benzene rings is 2. The molecule has 0 saturated heterocycles. The average molecular weight is 346 g/mol. The molecule has 0 aliphatic rings. The first-order chi connectivity index (χ1) is 11.4. The summed E-state index contributed by atoms with van der Waals surface area (Å²) in [6.07, 6.45) is 0. The van der Waals surface area contributed by atoms with Gasteiger partial charge in [-0.1, -0.05) is 37.6 Å². The molecular formula is C18H20ClN3O2. The van der Waals surface area contributed by atoms with E-state index in [4.69, 9.17) is 17.3 Å². The third-order valence-electron chi connectivity index (χ3n) is 3.60. The lowest BCUT2D eigenvalue weighted by Gasteiger charge is -2.21. The molecule has 0 aromatic heterocycles. The summed E-state index contributed by atoms with van der Waals surface area (Å²) in [5.74, 6) is -0.254. The minimum absolute atomic E-state index is 0.0945. The number of amides is 3. The highest BCUT2D eigenvalue weighted by Gasteiger charge is 2.24. The average Bonchev–Trinajstić information content (AvgIpc) is 2.50. The maximum Gasteiger partial charge on any atom is 0.316 e. The van der Waals surface area contributed by atoms with Crippen molar-refractivity contribution in [3.05, 3.63) is 59.1 Å². The van der Waals surface area contributed by atoms with Crippen LogP contribution in [-0.2, 0) is 4.79 Å². The number of urea groups is 1. The van der Waals surface area contributed by atoms with Crippen LogP contribution >= 0.6 is 11.6 Å². The number of carbonyl (C=O) groups excluding carboxylic acids is 2. The van der Waals surface area contributed by atoms with Crippen LogP contribution in [0.2, 0.25) is 5.02 Å². The van der Waals surface area contributed by atoms with Crippen LogP contribution in [0.25, 0.3) is 0 Å². The van der Waals surface area contributed by atoms with E-state index in [-0.39, 0.29) is 17.7 Å². The van der Waals surface area contributed by atoms with Gasteiger partial charge in [0, 0.05) is 16.4 Å². The second-order valence-electron chi connectivity index (χ2n) is 5.83. The van der Waals surface area contributed by atoms with Crippen LogP contribution in [0.3, 0.4) is 0 Å². The number of nitrogens with one attached hydrogen (secondary N) is 2. The number of hydrogen-bond acceptors (Lipinski definition) is 2. The largest absolute Gasteiger partial charge is 0.351 e. The maximum absolute atomic E-state index is 12.7. The van der Waals surface area contributed by atoms with E-state index >= 15 is 0 Å². The Kier molecular flexibility index (Phi) is 5.82.